The maximum Gasteiger partial charge on any atom is 0.106 e. The van der Waals surface area contributed by atoms with Gasteiger partial charge in [-0.1, -0.05) is 32.0 Å². The van der Waals surface area contributed by atoms with Crippen LogP contribution in [0.1, 0.15) is 25.5 Å². The van der Waals surface area contributed by atoms with Crippen LogP contribution in [0.4, 0.5) is 0 Å². The van der Waals surface area contributed by atoms with Crippen LogP contribution in [0, 0.1) is 9.49 Å². The van der Waals surface area contributed by atoms with Crippen LogP contribution in [0.25, 0.3) is 0 Å². The first-order chi connectivity index (χ1) is 6.54. The molecule has 0 heterocycles. The third-order valence-electron chi connectivity index (χ3n) is 2.23. The Labute approximate surface area is 98.1 Å². The SMILES string of the molecule is CC(C)[C@H](O)[C@@H](O)c1ccccc1I. The molecule has 0 saturated heterocycles. The first-order valence-corrected chi connectivity index (χ1v) is 5.72. The molecule has 0 aromatic heterocycles. The van der Waals surface area contributed by atoms with Gasteiger partial charge in [0.25, 0.3) is 0 Å². The molecule has 0 radical (unpaired) electrons. The van der Waals surface area contributed by atoms with Crippen LogP contribution in [0.3, 0.4) is 0 Å². The summed E-state index contributed by atoms with van der Waals surface area (Å²) in [7, 11) is 0. The van der Waals surface area contributed by atoms with Crippen LogP contribution in [-0.2, 0) is 0 Å². The maximum absolute atomic E-state index is 9.89. The monoisotopic (exact) mass is 306 g/mol. The third-order valence-corrected chi connectivity index (χ3v) is 3.21. The molecule has 0 unspecified atom stereocenters. The molecule has 2 atom stereocenters. The van der Waals surface area contributed by atoms with Gasteiger partial charge >= 0.3 is 0 Å². The minimum Gasteiger partial charge on any atom is -0.390 e. The fourth-order valence-electron chi connectivity index (χ4n) is 1.26. The summed E-state index contributed by atoms with van der Waals surface area (Å²) >= 11 is 2.16. The average molecular weight is 306 g/mol. The lowest BCUT2D eigenvalue weighted by molar-refractivity contribution is -0.00981. The van der Waals surface area contributed by atoms with Gasteiger partial charge in [-0.05, 0) is 40.1 Å². The molecular weight excluding hydrogens is 291 g/mol. The number of rotatable bonds is 3. The van der Waals surface area contributed by atoms with E-state index in [1.54, 1.807) is 0 Å². The summed E-state index contributed by atoms with van der Waals surface area (Å²) in [5, 5.41) is 19.6. The van der Waals surface area contributed by atoms with Crippen molar-refractivity contribution in [1.29, 1.82) is 0 Å². The van der Waals surface area contributed by atoms with Crippen molar-refractivity contribution in [3.8, 4) is 0 Å². The van der Waals surface area contributed by atoms with Crippen LogP contribution < -0.4 is 0 Å². The fraction of sp³-hybridized carbons (Fsp3) is 0.455. The molecule has 1 aromatic rings. The Bertz CT molecular complexity index is 299. The number of aliphatic hydroxyl groups excluding tert-OH is 2. The van der Waals surface area contributed by atoms with Gasteiger partial charge in [-0.3, -0.25) is 0 Å². The standard InChI is InChI=1S/C11H15IO2/c1-7(2)10(13)11(14)8-5-3-4-6-9(8)12/h3-7,10-11,13-14H,1-2H3/t10-,11-/m0/s1. The van der Waals surface area contributed by atoms with E-state index in [9.17, 15) is 10.2 Å². The summed E-state index contributed by atoms with van der Waals surface area (Å²) < 4.78 is 0.984. The summed E-state index contributed by atoms with van der Waals surface area (Å²) in [6.07, 6.45) is -1.49. The van der Waals surface area contributed by atoms with Crippen LogP contribution in [0.5, 0.6) is 0 Å². The molecule has 1 aromatic carbocycles. The molecule has 0 fully saturated rings. The van der Waals surface area contributed by atoms with E-state index in [-0.39, 0.29) is 5.92 Å². The van der Waals surface area contributed by atoms with Crippen molar-refractivity contribution < 1.29 is 10.2 Å². The van der Waals surface area contributed by atoms with Crippen molar-refractivity contribution in [3.63, 3.8) is 0 Å². The summed E-state index contributed by atoms with van der Waals surface area (Å²) in [5.41, 5.74) is 0.800. The largest absolute Gasteiger partial charge is 0.390 e. The van der Waals surface area contributed by atoms with Crippen molar-refractivity contribution in [2.45, 2.75) is 26.1 Å². The molecule has 78 valence electrons. The van der Waals surface area contributed by atoms with E-state index >= 15 is 0 Å². The van der Waals surface area contributed by atoms with E-state index in [0.29, 0.717) is 0 Å². The molecular formula is C11H15IO2. The van der Waals surface area contributed by atoms with Crippen molar-refractivity contribution in [2.75, 3.05) is 0 Å². The van der Waals surface area contributed by atoms with Gasteiger partial charge in [0.15, 0.2) is 0 Å². The quantitative estimate of drug-likeness (QED) is 0.842. The zero-order chi connectivity index (χ0) is 10.7. The lowest BCUT2D eigenvalue weighted by Crippen LogP contribution is -2.24. The van der Waals surface area contributed by atoms with Crippen LogP contribution in [0.2, 0.25) is 0 Å². The number of benzene rings is 1. The number of halogens is 1. The molecule has 0 aliphatic heterocycles. The van der Waals surface area contributed by atoms with E-state index in [4.69, 9.17) is 0 Å². The number of hydrogen-bond donors (Lipinski definition) is 2. The van der Waals surface area contributed by atoms with Crippen molar-refractivity contribution >= 4 is 22.6 Å². The Balaban J connectivity index is 2.89. The second-order valence-corrected chi connectivity index (χ2v) is 4.86. The van der Waals surface area contributed by atoms with Crippen LogP contribution in [-0.4, -0.2) is 16.3 Å². The first kappa shape index (κ1) is 11.9. The van der Waals surface area contributed by atoms with Crippen LogP contribution >= 0.6 is 22.6 Å². The van der Waals surface area contributed by atoms with E-state index < -0.39 is 12.2 Å². The number of aliphatic hydroxyl groups is 2. The highest BCUT2D eigenvalue weighted by Gasteiger charge is 2.22. The van der Waals surface area contributed by atoms with Crippen molar-refractivity contribution in [1.82, 2.24) is 0 Å². The predicted molar refractivity (Wildman–Crippen MR) is 65.0 cm³/mol. The van der Waals surface area contributed by atoms with E-state index in [0.717, 1.165) is 9.13 Å². The Morgan fingerprint density at radius 2 is 1.71 bits per heavy atom. The van der Waals surface area contributed by atoms with Gasteiger partial charge in [-0.15, -0.1) is 0 Å². The molecule has 0 spiro atoms. The zero-order valence-electron chi connectivity index (χ0n) is 8.31. The van der Waals surface area contributed by atoms with Crippen molar-refractivity contribution in [3.05, 3.63) is 33.4 Å². The molecule has 2 nitrogen and oxygen atoms in total. The normalized spacial score (nSPS) is 15.6. The molecule has 1 rings (SSSR count). The van der Waals surface area contributed by atoms with Gasteiger partial charge in [-0.2, -0.15) is 0 Å². The maximum atomic E-state index is 9.89. The molecule has 0 aliphatic rings. The minimum absolute atomic E-state index is 0.0565. The average Bonchev–Trinajstić information content (AvgIpc) is 2.16. The Hall–Kier alpha value is -0.130. The minimum atomic E-state index is -0.789. The van der Waals surface area contributed by atoms with Gasteiger partial charge in [0.1, 0.15) is 6.10 Å². The molecule has 2 N–H and O–H groups in total. The van der Waals surface area contributed by atoms with E-state index in [1.807, 2.05) is 38.1 Å². The summed E-state index contributed by atoms with van der Waals surface area (Å²) in [5.74, 6) is 0.0565. The highest BCUT2D eigenvalue weighted by atomic mass is 127. The lowest BCUT2D eigenvalue weighted by atomic mass is 9.96. The van der Waals surface area contributed by atoms with Gasteiger partial charge < -0.3 is 10.2 Å². The lowest BCUT2D eigenvalue weighted by Gasteiger charge is -2.22. The van der Waals surface area contributed by atoms with Crippen molar-refractivity contribution in [2.24, 2.45) is 5.92 Å². The van der Waals surface area contributed by atoms with Gasteiger partial charge in [0.05, 0.1) is 6.10 Å². The van der Waals surface area contributed by atoms with Gasteiger partial charge in [0, 0.05) is 3.57 Å². The Morgan fingerprint density at radius 1 is 1.14 bits per heavy atom. The van der Waals surface area contributed by atoms with Gasteiger partial charge in [-0.25, -0.2) is 0 Å². The zero-order valence-corrected chi connectivity index (χ0v) is 10.5. The Morgan fingerprint density at radius 3 is 2.21 bits per heavy atom. The van der Waals surface area contributed by atoms with Gasteiger partial charge in [0.2, 0.25) is 0 Å². The first-order valence-electron chi connectivity index (χ1n) is 4.64. The predicted octanol–water partition coefficient (Wildman–Crippen LogP) is 2.34. The van der Waals surface area contributed by atoms with Crippen LogP contribution in [0.15, 0.2) is 24.3 Å². The Kier molecular flexibility index (Phi) is 4.34. The topological polar surface area (TPSA) is 40.5 Å². The summed E-state index contributed by atoms with van der Waals surface area (Å²) in [6, 6.07) is 7.55. The highest BCUT2D eigenvalue weighted by Crippen LogP contribution is 2.25. The number of hydrogen-bond acceptors (Lipinski definition) is 2. The highest BCUT2D eigenvalue weighted by molar-refractivity contribution is 14.1. The van der Waals surface area contributed by atoms with E-state index in [1.165, 1.54) is 0 Å². The smallest absolute Gasteiger partial charge is 0.106 e. The summed E-state index contributed by atoms with van der Waals surface area (Å²) in [6.45, 7) is 3.79. The molecule has 0 aliphatic carbocycles. The molecule has 3 heteroatoms. The molecule has 0 saturated carbocycles. The molecule has 14 heavy (non-hydrogen) atoms. The second kappa shape index (κ2) is 5.09. The molecule has 0 amide bonds. The summed E-state index contributed by atoms with van der Waals surface area (Å²) in [4.78, 5) is 0. The fourth-order valence-corrected chi connectivity index (χ4v) is 1.97. The molecule has 0 bridgehead atoms. The second-order valence-electron chi connectivity index (χ2n) is 3.70. The van der Waals surface area contributed by atoms with E-state index in [2.05, 4.69) is 22.6 Å². The third kappa shape index (κ3) is 2.68.